The lowest BCUT2D eigenvalue weighted by Gasteiger charge is -2.25. The summed E-state index contributed by atoms with van der Waals surface area (Å²) in [6.07, 6.45) is 1.72. The highest BCUT2D eigenvalue weighted by molar-refractivity contribution is 9.10. The fourth-order valence-corrected chi connectivity index (χ4v) is 1.93. The molecule has 0 aromatic carbocycles. The van der Waals surface area contributed by atoms with E-state index in [1.165, 1.54) is 0 Å². The monoisotopic (exact) mass is 282 g/mol. The molecule has 1 fully saturated rings. The maximum atomic E-state index is 5.88. The van der Waals surface area contributed by atoms with Crippen molar-refractivity contribution in [1.29, 1.82) is 0 Å². The molecule has 0 saturated carbocycles. The Balaban J connectivity index is 2.31. The lowest BCUT2D eigenvalue weighted by molar-refractivity contribution is 0.0262. The predicted molar refractivity (Wildman–Crippen MR) is 67.3 cm³/mol. The summed E-state index contributed by atoms with van der Waals surface area (Å²) >= 11 is 3.39. The van der Waals surface area contributed by atoms with Crippen molar-refractivity contribution >= 4 is 28.5 Å². The van der Waals surface area contributed by atoms with Gasteiger partial charge in [-0.3, -0.25) is 0 Å². The molecule has 1 aromatic heterocycles. The highest BCUT2D eigenvalue weighted by Gasteiger charge is 2.57. The van der Waals surface area contributed by atoms with Gasteiger partial charge in [0, 0.05) is 18.6 Å². The highest BCUT2D eigenvalue weighted by Crippen LogP contribution is 2.36. The highest BCUT2D eigenvalue weighted by atomic mass is 79.9. The second kappa shape index (κ2) is 3.76. The Morgan fingerprint density at radius 1 is 1.38 bits per heavy atom. The lowest BCUT2D eigenvalue weighted by atomic mass is 9.80. The third-order valence-electron chi connectivity index (χ3n) is 3.08. The van der Waals surface area contributed by atoms with E-state index in [0.29, 0.717) is 0 Å². The lowest BCUT2D eigenvalue weighted by Crippen LogP contribution is -2.42. The largest absolute Gasteiger partial charge is 0.500 e. The van der Waals surface area contributed by atoms with E-state index < -0.39 is 18.3 Å². The molecule has 0 amide bonds. The topological polar surface area (TPSA) is 31.4 Å². The molecular formula is C11H14BBrNO2+. The number of nitrogens with zero attached hydrogens (tertiary/aromatic N) is 1. The zero-order valence-electron chi connectivity index (χ0n) is 9.66. The average Bonchev–Trinajstić information content (AvgIpc) is 2.36. The molecule has 1 atom stereocenters. The number of aromatic nitrogens is 1. The van der Waals surface area contributed by atoms with Crippen LogP contribution in [-0.2, 0) is 9.31 Å². The minimum atomic E-state index is -0.563. The zero-order chi connectivity index (χ0) is 12.0. The number of rotatable bonds is 1. The van der Waals surface area contributed by atoms with Crippen molar-refractivity contribution < 1.29 is 9.31 Å². The van der Waals surface area contributed by atoms with Crippen LogP contribution in [0, 0.1) is 6.92 Å². The summed E-state index contributed by atoms with van der Waals surface area (Å²) in [5.74, 6) is 0. The van der Waals surface area contributed by atoms with Gasteiger partial charge in [0.1, 0.15) is 10.2 Å². The van der Waals surface area contributed by atoms with Crippen LogP contribution in [-0.4, -0.2) is 23.3 Å². The third kappa shape index (κ3) is 1.87. The minimum Gasteiger partial charge on any atom is -0.395 e. The molecule has 0 N–H and O–H groups in total. The van der Waals surface area contributed by atoms with E-state index in [-0.39, 0.29) is 0 Å². The fraction of sp³-hybridized carbons (Fsp3) is 0.455. The summed E-state index contributed by atoms with van der Waals surface area (Å²) in [5, 5.41) is 0. The van der Waals surface area contributed by atoms with Gasteiger partial charge in [-0.15, -0.1) is 0 Å². The minimum absolute atomic E-state index is 0.416. The molecule has 0 radical (unpaired) electrons. The van der Waals surface area contributed by atoms with E-state index in [9.17, 15) is 0 Å². The van der Waals surface area contributed by atoms with Crippen LogP contribution in [0.5, 0.6) is 0 Å². The van der Waals surface area contributed by atoms with Gasteiger partial charge in [0.25, 0.3) is 0 Å². The number of pyridine rings is 1. The quantitative estimate of drug-likeness (QED) is 0.448. The van der Waals surface area contributed by atoms with E-state index in [0.717, 1.165) is 10.1 Å². The van der Waals surface area contributed by atoms with Crippen LogP contribution in [0.25, 0.3) is 0 Å². The molecule has 1 aliphatic heterocycles. The fourth-order valence-electron chi connectivity index (χ4n) is 1.50. The van der Waals surface area contributed by atoms with Crippen LogP contribution < -0.4 is 5.46 Å². The van der Waals surface area contributed by atoms with Crippen LogP contribution >= 0.6 is 15.9 Å². The van der Waals surface area contributed by atoms with Crippen molar-refractivity contribution in [2.45, 2.75) is 32.0 Å². The standard InChI is InChI=1S/C11H14BBrNO2/c1-10(2)11(3,4)16-12(15-10)8-6-5-7-14-9(8)13/h5-7H,1H2,2-4H3/q+1. The smallest absolute Gasteiger partial charge is 0.395 e. The number of hydrogen-bond donors (Lipinski definition) is 0. The van der Waals surface area contributed by atoms with Gasteiger partial charge >= 0.3 is 7.12 Å². The molecular weight excluding hydrogens is 269 g/mol. The normalized spacial score (nSPS) is 28.4. The molecule has 0 bridgehead atoms. The summed E-state index contributed by atoms with van der Waals surface area (Å²) in [7, 11) is -0.416. The molecule has 3 nitrogen and oxygen atoms in total. The maximum Gasteiger partial charge on any atom is 0.500 e. The summed E-state index contributed by atoms with van der Waals surface area (Å²) in [4.78, 5) is 4.16. The van der Waals surface area contributed by atoms with Gasteiger partial charge in [0.15, 0.2) is 0 Å². The molecule has 2 rings (SSSR count). The second-order valence-corrected chi connectivity index (χ2v) is 5.44. The van der Waals surface area contributed by atoms with Crippen molar-refractivity contribution in [2.24, 2.45) is 0 Å². The van der Waals surface area contributed by atoms with E-state index >= 15 is 0 Å². The van der Waals surface area contributed by atoms with Crippen molar-refractivity contribution in [3.05, 3.63) is 29.9 Å². The summed E-state index contributed by atoms with van der Waals surface area (Å²) < 4.78 is 12.4. The molecule has 1 aromatic rings. The third-order valence-corrected chi connectivity index (χ3v) is 3.75. The van der Waals surface area contributed by atoms with Crippen LogP contribution in [0.1, 0.15) is 20.8 Å². The predicted octanol–water partition coefficient (Wildman–Crippen LogP) is 1.96. The van der Waals surface area contributed by atoms with Crippen LogP contribution in [0.15, 0.2) is 22.9 Å². The summed E-state index contributed by atoms with van der Waals surface area (Å²) in [5.41, 5.74) is -0.0946. The average molecular weight is 283 g/mol. The Bertz CT molecular complexity index is 393. The van der Waals surface area contributed by atoms with Crippen LogP contribution in [0.2, 0.25) is 0 Å². The van der Waals surface area contributed by atoms with E-state index in [4.69, 9.17) is 9.31 Å². The number of hydrogen-bond acceptors (Lipinski definition) is 3. The first-order valence-electron chi connectivity index (χ1n) is 5.15. The zero-order valence-corrected chi connectivity index (χ0v) is 11.2. The van der Waals surface area contributed by atoms with Gasteiger partial charge in [-0.1, -0.05) is 6.07 Å². The Morgan fingerprint density at radius 2 is 2.06 bits per heavy atom. The van der Waals surface area contributed by atoms with Crippen LogP contribution in [0.3, 0.4) is 0 Å². The molecule has 0 aliphatic carbocycles. The van der Waals surface area contributed by atoms with E-state index in [1.54, 1.807) is 6.20 Å². The molecule has 0 spiro atoms. The Hall–Kier alpha value is -0.515. The summed E-state index contributed by atoms with van der Waals surface area (Å²) in [6, 6.07) is 3.79. The first kappa shape index (κ1) is 12.0. The first-order valence-corrected chi connectivity index (χ1v) is 5.94. The number of halogens is 1. The van der Waals surface area contributed by atoms with Gasteiger partial charge < -0.3 is 9.31 Å². The van der Waals surface area contributed by atoms with E-state index in [2.05, 4.69) is 27.8 Å². The molecule has 84 valence electrons. The maximum absolute atomic E-state index is 5.88. The molecule has 5 heteroatoms. The van der Waals surface area contributed by atoms with E-state index in [1.807, 2.05) is 32.9 Å². The van der Waals surface area contributed by atoms with Crippen molar-refractivity contribution in [2.75, 3.05) is 0 Å². The van der Waals surface area contributed by atoms with Crippen molar-refractivity contribution in [1.82, 2.24) is 4.98 Å². The Morgan fingerprint density at radius 3 is 2.56 bits per heavy atom. The Labute approximate surface area is 105 Å². The van der Waals surface area contributed by atoms with Gasteiger partial charge in [0.05, 0.1) is 6.92 Å². The van der Waals surface area contributed by atoms with Crippen molar-refractivity contribution in [3.63, 3.8) is 0 Å². The SMILES string of the molecule is [CH2+]C1(C)OB(c2cccnc2Br)OC1(C)C. The van der Waals surface area contributed by atoms with Gasteiger partial charge in [0.2, 0.25) is 5.60 Å². The molecule has 16 heavy (non-hydrogen) atoms. The van der Waals surface area contributed by atoms with Gasteiger partial charge in [-0.25, -0.2) is 4.98 Å². The Kier molecular flexibility index (Phi) is 2.81. The van der Waals surface area contributed by atoms with Gasteiger partial charge in [-0.2, -0.15) is 0 Å². The first-order chi connectivity index (χ1) is 7.33. The molecule has 1 saturated heterocycles. The molecule has 2 heterocycles. The molecule has 1 aliphatic rings. The molecule has 1 unspecified atom stereocenters. The second-order valence-electron chi connectivity index (χ2n) is 4.69. The van der Waals surface area contributed by atoms with Gasteiger partial charge in [-0.05, 0) is 35.8 Å². The van der Waals surface area contributed by atoms with Crippen LogP contribution in [0.4, 0.5) is 0 Å². The summed E-state index contributed by atoms with van der Waals surface area (Å²) in [6.45, 7) is 9.93. The van der Waals surface area contributed by atoms with Crippen molar-refractivity contribution in [3.8, 4) is 0 Å².